The van der Waals surface area contributed by atoms with Gasteiger partial charge in [0.25, 0.3) is 0 Å². The van der Waals surface area contributed by atoms with Crippen LogP contribution in [0.4, 0.5) is 5.82 Å². The van der Waals surface area contributed by atoms with Gasteiger partial charge in [-0.1, -0.05) is 0 Å². The van der Waals surface area contributed by atoms with Crippen LogP contribution in [0.15, 0.2) is 27.6 Å². The number of nitrogens with two attached hydrogens (primary N) is 1. The Bertz CT molecular complexity index is 804. The van der Waals surface area contributed by atoms with Crippen molar-refractivity contribution < 1.29 is 4.42 Å². The van der Waals surface area contributed by atoms with E-state index in [9.17, 15) is 4.79 Å². The number of aromatic nitrogens is 2. The van der Waals surface area contributed by atoms with Gasteiger partial charge in [0, 0.05) is 4.88 Å². The molecule has 0 saturated carbocycles. The van der Waals surface area contributed by atoms with Gasteiger partial charge < -0.3 is 20.5 Å². The third-order valence-electron chi connectivity index (χ3n) is 3.29. The second kappa shape index (κ2) is 5.71. The van der Waals surface area contributed by atoms with E-state index in [0.29, 0.717) is 18.9 Å². The second-order valence-corrected chi connectivity index (χ2v) is 5.82. The number of rotatable bonds is 5. The fourth-order valence-corrected chi connectivity index (χ4v) is 3.48. The van der Waals surface area contributed by atoms with Gasteiger partial charge in [-0.2, -0.15) is 4.98 Å². The number of aromatic amines is 1. The van der Waals surface area contributed by atoms with Gasteiger partial charge in [-0.05, 0) is 37.6 Å². The second-order valence-electron chi connectivity index (χ2n) is 4.72. The molecule has 0 radical (unpaired) electrons. The van der Waals surface area contributed by atoms with Gasteiger partial charge in [0.05, 0.1) is 23.0 Å². The average molecular weight is 304 g/mol. The Morgan fingerprint density at radius 3 is 3.10 bits per heavy atom. The maximum Gasteiger partial charge on any atom is 0.347 e. The van der Waals surface area contributed by atoms with Gasteiger partial charge in [0.1, 0.15) is 5.76 Å². The lowest BCUT2D eigenvalue weighted by Crippen LogP contribution is -2.13. The van der Waals surface area contributed by atoms with Gasteiger partial charge in [0.15, 0.2) is 5.82 Å². The number of thiophene rings is 1. The average Bonchev–Trinajstić information content (AvgIpc) is 3.07. The van der Waals surface area contributed by atoms with Crippen LogP contribution in [0.5, 0.6) is 0 Å². The van der Waals surface area contributed by atoms with Crippen molar-refractivity contribution in [2.45, 2.75) is 19.9 Å². The normalized spacial score (nSPS) is 11.1. The summed E-state index contributed by atoms with van der Waals surface area (Å²) in [6.07, 6.45) is 2.41. The van der Waals surface area contributed by atoms with Crippen LogP contribution in [0.25, 0.3) is 10.2 Å². The molecule has 110 valence electrons. The van der Waals surface area contributed by atoms with Gasteiger partial charge in [-0.25, -0.2) is 4.79 Å². The van der Waals surface area contributed by atoms with Crippen LogP contribution in [0.3, 0.4) is 0 Å². The van der Waals surface area contributed by atoms with E-state index < -0.39 is 0 Å². The summed E-state index contributed by atoms with van der Waals surface area (Å²) in [6.45, 7) is 3.07. The van der Waals surface area contributed by atoms with Crippen LogP contribution in [0, 0.1) is 6.92 Å². The van der Waals surface area contributed by atoms with E-state index in [0.717, 1.165) is 28.0 Å². The molecule has 4 N–H and O–H groups in total. The van der Waals surface area contributed by atoms with E-state index >= 15 is 0 Å². The minimum absolute atomic E-state index is 0.357. The Kier molecular flexibility index (Phi) is 3.76. The van der Waals surface area contributed by atoms with Crippen LogP contribution in [0.1, 0.15) is 16.2 Å². The van der Waals surface area contributed by atoms with Crippen LogP contribution in [0.2, 0.25) is 0 Å². The molecule has 0 aliphatic carbocycles. The first-order valence-corrected chi connectivity index (χ1v) is 7.49. The number of nitrogens with zero attached hydrogens (tertiary/aromatic N) is 1. The Balaban J connectivity index is 2.00. The van der Waals surface area contributed by atoms with E-state index in [1.165, 1.54) is 4.88 Å². The molecule has 0 atom stereocenters. The van der Waals surface area contributed by atoms with Gasteiger partial charge in [0.2, 0.25) is 0 Å². The molecule has 0 fully saturated rings. The van der Waals surface area contributed by atoms with Crippen LogP contribution in [-0.2, 0) is 13.0 Å². The minimum Gasteiger partial charge on any atom is -0.467 e. The molecule has 21 heavy (non-hydrogen) atoms. The lowest BCUT2D eigenvalue weighted by molar-refractivity contribution is 0.518. The molecule has 0 unspecified atom stereocenters. The van der Waals surface area contributed by atoms with E-state index in [1.807, 2.05) is 19.1 Å². The number of aryl methyl sites for hydroxylation is 1. The summed E-state index contributed by atoms with van der Waals surface area (Å²) in [6, 6.07) is 3.70. The molecule has 0 aromatic carbocycles. The summed E-state index contributed by atoms with van der Waals surface area (Å²) in [4.78, 5) is 19.8. The van der Waals surface area contributed by atoms with Gasteiger partial charge in [-0.15, -0.1) is 11.3 Å². The zero-order chi connectivity index (χ0) is 14.8. The topological polar surface area (TPSA) is 96.9 Å². The highest BCUT2D eigenvalue weighted by molar-refractivity contribution is 7.19. The fraction of sp³-hybridized carbons (Fsp3) is 0.286. The van der Waals surface area contributed by atoms with Crippen LogP contribution < -0.4 is 16.7 Å². The van der Waals surface area contributed by atoms with Crippen molar-refractivity contribution in [2.24, 2.45) is 5.73 Å². The third kappa shape index (κ3) is 2.70. The van der Waals surface area contributed by atoms with Crippen molar-refractivity contribution >= 4 is 27.4 Å². The minimum atomic E-state index is -0.357. The molecule has 0 saturated heterocycles. The van der Waals surface area contributed by atoms with E-state index in [1.54, 1.807) is 17.6 Å². The number of anilines is 1. The predicted molar refractivity (Wildman–Crippen MR) is 83.8 cm³/mol. The van der Waals surface area contributed by atoms with Gasteiger partial charge in [-0.3, -0.25) is 0 Å². The van der Waals surface area contributed by atoms with E-state index in [-0.39, 0.29) is 5.69 Å². The van der Waals surface area contributed by atoms with Crippen molar-refractivity contribution in [3.8, 4) is 0 Å². The van der Waals surface area contributed by atoms with Crippen molar-refractivity contribution in [2.75, 3.05) is 11.9 Å². The lowest BCUT2D eigenvalue weighted by Gasteiger charge is -2.04. The monoisotopic (exact) mass is 304 g/mol. The van der Waals surface area contributed by atoms with Crippen LogP contribution in [-0.4, -0.2) is 16.5 Å². The Hall–Kier alpha value is -2.12. The SMILES string of the molecule is Cc1c(CCN)sc2c(NCc3ccco3)nc(=O)[nH]c12. The van der Waals surface area contributed by atoms with E-state index in [2.05, 4.69) is 15.3 Å². The quantitative estimate of drug-likeness (QED) is 0.670. The zero-order valence-electron chi connectivity index (χ0n) is 11.6. The molecule has 0 aliphatic rings. The Labute approximate surface area is 125 Å². The zero-order valence-corrected chi connectivity index (χ0v) is 12.4. The summed E-state index contributed by atoms with van der Waals surface area (Å²) in [5, 5.41) is 3.17. The molecule has 3 aromatic rings. The number of fused-ring (bicyclic) bond motifs is 1. The maximum absolute atomic E-state index is 11.7. The molecular weight excluding hydrogens is 288 g/mol. The van der Waals surface area contributed by atoms with Gasteiger partial charge >= 0.3 is 5.69 Å². The summed E-state index contributed by atoms with van der Waals surface area (Å²) in [5.74, 6) is 1.38. The molecule has 6 nitrogen and oxygen atoms in total. The molecule has 7 heteroatoms. The van der Waals surface area contributed by atoms with Crippen molar-refractivity contribution in [1.82, 2.24) is 9.97 Å². The molecular formula is C14H16N4O2S. The number of furan rings is 1. The summed E-state index contributed by atoms with van der Waals surface area (Å²) < 4.78 is 6.22. The number of hydrogen-bond acceptors (Lipinski definition) is 6. The number of nitrogens with one attached hydrogen (secondary N) is 2. The summed E-state index contributed by atoms with van der Waals surface area (Å²) in [7, 11) is 0. The van der Waals surface area contributed by atoms with Crippen molar-refractivity contribution in [3.05, 3.63) is 45.1 Å². The highest BCUT2D eigenvalue weighted by Gasteiger charge is 2.14. The number of hydrogen-bond donors (Lipinski definition) is 3. The maximum atomic E-state index is 11.7. The highest BCUT2D eigenvalue weighted by atomic mass is 32.1. The first kappa shape index (κ1) is 13.8. The first-order valence-electron chi connectivity index (χ1n) is 6.67. The molecule has 0 amide bonds. The predicted octanol–water partition coefficient (Wildman–Crippen LogP) is 2.00. The van der Waals surface area contributed by atoms with Crippen LogP contribution >= 0.6 is 11.3 Å². The molecule has 3 heterocycles. The van der Waals surface area contributed by atoms with E-state index in [4.69, 9.17) is 10.2 Å². The summed E-state index contributed by atoms with van der Waals surface area (Å²) in [5.41, 5.74) is 7.19. The molecule has 0 bridgehead atoms. The smallest absolute Gasteiger partial charge is 0.347 e. The van der Waals surface area contributed by atoms with Crippen molar-refractivity contribution in [1.29, 1.82) is 0 Å². The number of H-pyrrole nitrogens is 1. The highest BCUT2D eigenvalue weighted by Crippen LogP contribution is 2.32. The standard InChI is InChI=1S/C14H16N4O2S/c1-8-10(4-5-15)21-12-11(8)17-14(19)18-13(12)16-7-9-3-2-6-20-9/h2-3,6H,4-5,7,15H2,1H3,(H2,16,17,18,19). The van der Waals surface area contributed by atoms with Crippen molar-refractivity contribution in [3.63, 3.8) is 0 Å². The first-order chi connectivity index (χ1) is 10.2. The Morgan fingerprint density at radius 1 is 1.52 bits per heavy atom. The molecule has 3 rings (SSSR count). The largest absolute Gasteiger partial charge is 0.467 e. The third-order valence-corrected chi connectivity index (χ3v) is 4.65. The fourth-order valence-electron chi connectivity index (χ4n) is 2.24. The molecule has 0 aliphatic heterocycles. The Morgan fingerprint density at radius 2 is 2.38 bits per heavy atom. The molecule has 0 spiro atoms. The summed E-state index contributed by atoms with van der Waals surface area (Å²) >= 11 is 1.62. The molecule has 3 aromatic heterocycles. The lowest BCUT2D eigenvalue weighted by atomic mass is 10.2.